The fourth-order valence-electron chi connectivity index (χ4n) is 4.77. The Hall–Kier alpha value is -2.73. The molecule has 0 heterocycles. The van der Waals surface area contributed by atoms with Gasteiger partial charge in [-0.2, -0.15) is 0 Å². The topological polar surface area (TPSA) is 69.6 Å². The SMILES string of the molecule is CC(=O)NC[C@]1(c2ccccc2)CC[C@@H](O)[C@H](N(C)C(=O)CCc2ccccc2F)CC1. The highest BCUT2D eigenvalue weighted by Gasteiger charge is 2.39. The van der Waals surface area contributed by atoms with Crippen molar-refractivity contribution in [2.75, 3.05) is 13.6 Å². The lowest BCUT2D eigenvalue weighted by Crippen LogP contribution is -2.44. The van der Waals surface area contributed by atoms with Gasteiger partial charge in [-0.15, -0.1) is 0 Å². The second kappa shape index (κ2) is 10.7. The van der Waals surface area contributed by atoms with Gasteiger partial charge in [0.2, 0.25) is 11.8 Å². The average Bonchev–Trinajstić information content (AvgIpc) is 2.96. The van der Waals surface area contributed by atoms with Gasteiger partial charge in [-0.05, 0) is 49.3 Å². The van der Waals surface area contributed by atoms with E-state index >= 15 is 0 Å². The maximum absolute atomic E-state index is 13.9. The predicted molar refractivity (Wildman–Crippen MR) is 123 cm³/mol. The van der Waals surface area contributed by atoms with Gasteiger partial charge in [-0.3, -0.25) is 9.59 Å². The Balaban J connectivity index is 1.71. The van der Waals surface area contributed by atoms with E-state index < -0.39 is 6.10 Å². The highest BCUT2D eigenvalue weighted by molar-refractivity contribution is 5.76. The number of benzene rings is 2. The zero-order valence-electron chi connectivity index (χ0n) is 18.9. The van der Waals surface area contributed by atoms with Crippen LogP contribution in [0.3, 0.4) is 0 Å². The summed E-state index contributed by atoms with van der Waals surface area (Å²) in [5.41, 5.74) is 1.36. The smallest absolute Gasteiger partial charge is 0.222 e. The normalized spacial score (nSPS) is 23.2. The summed E-state index contributed by atoms with van der Waals surface area (Å²) < 4.78 is 13.9. The molecule has 2 N–H and O–H groups in total. The van der Waals surface area contributed by atoms with Gasteiger partial charge in [0.1, 0.15) is 5.82 Å². The quantitative estimate of drug-likeness (QED) is 0.647. The van der Waals surface area contributed by atoms with Crippen LogP contribution in [-0.2, 0) is 21.4 Å². The summed E-state index contributed by atoms with van der Waals surface area (Å²) in [6.45, 7) is 2.01. The first-order chi connectivity index (χ1) is 15.3. The van der Waals surface area contributed by atoms with Crippen LogP contribution < -0.4 is 5.32 Å². The molecular weight excluding hydrogens is 407 g/mol. The molecule has 2 amide bonds. The van der Waals surface area contributed by atoms with Crippen LogP contribution in [0, 0.1) is 5.82 Å². The van der Waals surface area contributed by atoms with E-state index in [1.165, 1.54) is 13.0 Å². The number of carbonyl (C=O) groups excluding carboxylic acids is 2. The van der Waals surface area contributed by atoms with Gasteiger partial charge in [0.25, 0.3) is 0 Å². The predicted octanol–water partition coefficient (Wildman–Crippen LogP) is 3.59. The molecule has 3 rings (SSSR count). The number of rotatable bonds is 7. The van der Waals surface area contributed by atoms with Gasteiger partial charge in [-0.1, -0.05) is 48.5 Å². The molecule has 2 aromatic carbocycles. The highest BCUT2D eigenvalue weighted by Crippen LogP contribution is 2.39. The largest absolute Gasteiger partial charge is 0.391 e. The monoisotopic (exact) mass is 440 g/mol. The van der Waals surface area contributed by atoms with Crippen molar-refractivity contribution in [1.29, 1.82) is 0 Å². The van der Waals surface area contributed by atoms with Crippen LogP contribution in [0.4, 0.5) is 4.39 Å². The number of aliphatic hydroxyl groups is 1. The maximum atomic E-state index is 13.9. The summed E-state index contributed by atoms with van der Waals surface area (Å²) in [5, 5.41) is 13.9. The van der Waals surface area contributed by atoms with Crippen LogP contribution >= 0.6 is 0 Å². The summed E-state index contributed by atoms with van der Waals surface area (Å²) in [6, 6.07) is 16.3. The van der Waals surface area contributed by atoms with Crippen molar-refractivity contribution in [2.45, 2.75) is 63.0 Å². The summed E-state index contributed by atoms with van der Waals surface area (Å²) >= 11 is 0. The molecule has 6 heteroatoms. The van der Waals surface area contributed by atoms with Crippen LogP contribution in [0.25, 0.3) is 0 Å². The van der Waals surface area contributed by atoms with Crippen LogP contribution in [0.1, 0.15) is 50.2 Å². The molecule has 0 radical (unpaired) electrons. The first-order valence-corrected chi connectivity index (χ1v) is 11.3. The zero-order valence-corrected chi connectivity index (χ0v) is 18.9. The van der Waals surface area contributed by atoms with Crippen molar-refractivity contribution in [3.05, 3.63) is 71.5 Å². The molecule has 0 saturated heterocycles. The molecule has 5 nitrogen and oxygen atoms in total. The summed E-state index contributed by atoms with van der Waals surface area (Å²) in [7, 11) is 1.72. The number of nitrogens with zero attached hydrogens (tertiary/aromatic N) is 1. The molecule has 0 unspecified atom stereocenters. The maximum Gasteiger partial charge on any atom is 0.222 e. The lowest BCUT2D eigenvalue weighted by molar-refractivity contribution is -0.134. The van der Waals surface area contributed by atoms with Crippen LogP contribution in [0.2, 0.25) is 0 Å². The van der Waals surface area contributed by atoms with E-state index in [2.05, 4.69) is 17.4 Å². The van der Waals surface area contributed by atoms with E-state index in [0.717, 1.165) is 12.0 Å². The van der Waals surface area contributed by atoms with Gasteiger partial charge in [-0.25, -0.2) is 4.39 Å². The lowest BCUT2D eigenvalue weighted by Gasteiger charge is -2.34. The van der Waals surface area contributed by atoms with Crippen LogP contribution in [-0.4, -0.2) is 47.6 Å². The molecule has 172 valence electrons. The zero-order chi connectivity index (χ0) is 23.1. The minimum Gasteiger partial charge on any atom is -0.391 e. The van der Waals surface area contributed by atoms with Gasteiger partial charge in [0.05, 0.1) is 12.1 Å². The molecule has 0 aliphatic heterocycles. The molecule has 32 heavy (non-hydrogen) atoms. The number of halogens is 1. The van der Waals surface area contributed by atoms with E-state index in [1.54, 1.807) is 30.1 Å². The number of likely N-dealkylation sites (N-methyl/N-ethyl adjacent to an activating group) is 1. The van der Waals surface area contributed by atoms with Crippen molar-refractivity contribution in [3.63, 3.8) is 0 Å². The van der Waals surface area contributed by atoms with Crippen molar-refractivity contribution >= 4 is 11.8 Å². The Kier molecular flexibility index (Phi) is 8.02. The van der Waals surface area contributed by atoms with Gasteiger partial charge >= 0.3 is 0 Å². The fraction of sp³-hybridized carbons (Fsp3) is 0.462. The molecule has 0 bridgehead atoms. The molecule has 1 fully saturated rings. The molecule has 1 aliphatic carbocycles. The second-order valence-electron chi connectivity index (χ2n) is 8.86. The first kappa shape index (κ1) is 23.9. The average molecular weight is 441 g/mol. The van der Waals surface area contributed by atoms with Crippen molar-refractivity contribution in [1.82, 2.24) is 10.2 Å². The minimum atomic E-state index is -0.652. The third-order valence-corrected chi connectivity index (χ3v) is 6.80. The Morgan fingerprint density at radius 3 is 2.44 bits per heavy atom. The Labute approximate surface area is 189 Å². The molecular formula is C26H33FN2O3. The Morgan fingerprint density at radius 1 is 1.09 bits per heavy atom. The Morgan fingerprint density at radius 2 is 1.75 bits per heavy atom. The van der Waals surface area contributed by atoms with Crippen LogP contribution in [0.5, 0.6) is 0 Å². The van der Waals surface area contributed by atoms with E-state index in [1.807, 2.05) is 18.2 Å². The van der Waals surface area contributed by atoms with Crippen LogP contribution in [0.15, 0.2) is 54.6 Å². The number of carbonyl (C=O) groups is 2. The molecule has 1 saturated carbocycles. The third-order valence-electron chi connectivity index (χ3n) is 6.80. The van der Waals surface area contributed by atoms with Gasteiger partial charge in [0, 0.05) is 32.4 Å². The van der Waals surface area contributed by atoms with E-state index in [9.17, 15) is 19.1 Å². The van der Waals surface area contributed by atoms with Crippen molar-refractivity contribution in [3.8, 4) is 0 Å². The van der Waals surface area contributed by atoms with Crippen molar-refractivity contribution < 1.29 is 19.1 Å². The second-order valence-corrected chi connectivity index (χ2v) is 8.86. The number of nitrogens with one attached hydrogen (secondary N) is 1. The number of hydrogen-bond donors (Lipinski definition) is 2. The third kappa shape index (κ3) is 5.74. The number of aliphatic hydroxyl groups excluding tert-OH is 1. The highest BCUT2D eigenvalue weighted by atomic mass is 19.1. The minimum absolute atomic E-state index is 0.0814. The van der Waals surface area contributed by atoms with Gasteiger partial charge in [0.15, 0.2) is 0 Å². The van der Waals surface area contributed by atoms with E-state index in [0.29, 0.717) is 37.8 Å². The number of aryl methyl sites for hydroxylation is 1. The summed E-state index contributed by atoms with van der Waals surface area (Å²) in [6.07, 6.45) is 2.48. The summed E-state index contributed by atoms with van der Waals surface area (Å²) in [5.74, 6) is -0.489. The molecule has 3 atom stereocenters. The molecule has 1 aliphatic rings. The Bertz CT molecular complexity index is 920. The molecule has 0 aromatic heterocycles. The van der Waals surface area contributed by atoms with Crippen molar-refractivity contribution in [2.24, 2.45) is 0 Å². The standard InChI is InChI=1S/C26H33FN2O3/c1-19(30)28-18-26(21-9-4-3-5-10-21)16-14-23(24(31)15-17-26)29(2)25(32)13-12-20-8-6-7-11-22(20)27/h3-11,23-24,31H,12-18H2,1-2H3,(H,28,30)/t23-,24-,26-/m1/s1. The number of hydrogen-bond acceptors (Lipinski definition) is 3. The lowest BCUT2D eigenvalue weighted by atomic mass is 9.74. The fourth-order valence-corrected chi connectivity index (χ4v) is 4.77. The summed E-state index contributed by atoms with van der Waals surface area (Å²) in [4.78, 5) is 26.1. The first-order valence-electron chi connectivity index (χ1n) is 11.3. The van der Waals surface area contributed by atoms with E-state index in [-0.39, 0.29) is 35.5 Å². The van der Waals surface area contributed by atoms with Gasteiger partial charge < -0.3 is 15.3 Å². The number of amides is 2. The van der Waals surface area contributed by atoms with E-state index in [4.69, 9.17) is 0 Å². The molecule has 0 spiro atoms. The molecule has 2 aromatic rings.